The second-order valence-corrected chi connectivity index (χ2v) is 11.0. The van der Waals surface area contributed by atoms with Gasteiger partial charge in [-0.3, -0.25) is 10.1 Å². The molecule has 0 saturated carbocycles. The van der Waals surface area contributed by atoms with Gasteiger partial charge in [-0.05, 0) is 61.6 Å². The molecule has 2 atom stereocenters. The molecule has 1 amide bonds. The average Bonchev–Trinajstić information content (AvgIpc) is 3.36. The Morgan fingerprint density at radius 1 is 1.13 bits per heavy atom. The SMILES string of the molecule is Cc1ccc(-c2csc(NC(=O)c3ccc(S(=O)(=O)N4C[C@@H](C)C[C@H](C)C4)cc3)n2)o1. The van der Waals surface area contributed by atoms with Crippen LogP contribution < -0.4 is 5.32 Å². The van der Waals surface area contributed by atoms with E-state index in [-0.39, 0.29) is 10.8 Å². The van der Waals surface area contributed by atoms with Gasteiger partial charge in [-0.2, -0.15) is 4.31 Å². The van der Waals surface area contributed by atoms with E-state index in [0.717, 1.165) is 12.2 Å². The van der Waals surface area contributed by atoms with Gasteiger partial charge in [0.2, 0.25) is 10.0 Å². The third kappa shape index (κ3) is 4.73. The summed E-state index contributed by atoms with van der Waals surface area (Å²) in [7, 11) is -3.57. The van der Waals surface area contributed by atoms with Gasteiger partial charge in [0.1, 0.15) is 11.5 Å². The summed E-state index contributed by atoms with van der Waals surface area (Å²) in [5.74, 6) is 1.75. The van der Waals surface area contributed by atoms with Gasteiger partial charge in [-0.1, -0.05) is 13.8 Å². The number of benzene rings is 1. The predicted molar refractivity (Wildman–Crippen MR) is 121 cm³/mol. The fourth-order valence-corrected chi connectivity index (χ4v) is 6.29. The normalized spacial score (nSPS) is 20.0. The molecular weight excluding hydrogens is 434 g/mol. The highest BCUT2D eigenvalue weighted by Crippen LogP contribution is 2.28. The summed E-state index contributed by atoms with van der Waals surface area (Å²) in [6.45, 7) is 7.05. The number of aromatic nitrogens is 1. The highest BCUT2D eigenvalue weighted by Gasteiger charge is 2.31. The van der Waals surface area contributed by atoms with Crippen LogP contribution in [0.1, 0.15) is 36.4 Å². The first-order valence-electron chi connectivity index (χ1n) is 10.2. The van der Waals surface area contributed by atoms with E-state index in [1.807, 2.05) is 24.4 Å². The molecule has 0 spiro atoms. The van der Waals surface area contributed by atoms with Crippen LogP contribution in [-0.2, 0) is 10.0 Å². The molecular formula is C22H25N3O4S2. The van der Waals surface area contributed by atoms with Gasteiger partial charge in [0.15, 0.2) is 10.9 Å². The number of thiazole rings is 1. The third-order valence-corrected chi connectivity index (χ3v) is 7.91. The van der Waals surface area contributed by atoms with Crippen LogP contribution in [0.15, 0.2) is 51.1 Å². The number of carbonyl (C=O) groups excluding carboxylic acids is 1. The van der Waals surface area contributed by atoms with Crippen LogP contribution in [0.25, 0.3) is 11.5 Å². The number of anilines is 1. The number of hydrogen-bond donors (Lipinski definition) is 1. The number of furan rings is 1. The van der Waals surface area contributed by atoms with Gasteiger partial charge < -0.3 is 4.42 Å². The van der Waals surface area contributed by atoms with Crippen LogP contribution in [0.5, 0.6) is 0 Å². The van der Waals surface area contributed by atoms with Gasteiger partial charge in [0, 0.05) is 24.0 Å². The van der Waals surface area contributed by atoms with E-state index in [9.17, 15) is 13.2 Å². The number of carbonyl (C=O) groups is 1. The molecule has 1 fully saturated rings. The number of nitrogens with zero attached hydrogens (tertiary/aromatic N) is 2. The van der Waals surface area contributed by atoms with Crippen LogP contribution in [-0.4, -0.2) is 36.7 Å². The van der Waals surface area contributed by atoms with Crippen molar-refractivity contribution in [2.75, 3.05) is 18.4 Å². The first kappa shape index (κ1) is 21.7. The largest absolute Gasteiger partial charge is 0.460 e. The van der Waals surface area contributed by atoms with E-state index in [4.69, 9.17) is 4.42 Å². The first-order chi connectivity index (χ1) is 14.7. The number of sulfonamides is 1. The molecule has 0 bridgehead atoms. The standard InChI is InChI=1S/C22H25N3O4S2/c1-14-10-15(2)12-25(11-14)31(27,28)18-7-5-17(6-8-18)21(26)24-22-23-19(13-30-22)20-9-4-16(3)29-20/h4-9,13-15H,10-12H2,1-3H3,(H,23,24,26)/t14-,15-/m0/s1. The van der Waals surface area contributed by atoms with Crippen molar-refractivity contribution in [2.45, 2.75) is 32.1 Å². The quantitative estimate of drug-likeness (QED) is 0.600. The van der Waals surface area contributed by atoms with Gasteiger partial charge in [-0.15, -0.1) is 11.3 Å². The zero-order chi connectivity index (χ0) is 22.2. The lowest BCUT2D eigenvalue weighted by Gasteiger charge is -2.34. The van der Waals surface area contributed by atoms with Crippen molar-refractivity contribution in [3.63, 3.8) is 0 Å². The third-order valence-electron chi connectivity index (χ3n) is 5.31. The Morgan fingerprint density at radius 2 is 1.81 bits per heavy atom. The minimum atomic E-state index is -3.57. The molecule has 1 N–H and O–H groups in total. The zero-order valence-electron chi connectivity index (χ0n) is 17.7. The molecule has 31 heavy (non-hydrogen) atoms. The summed E-state index contributed by atoms with van der Waals surface area (Å²) < 4.78 is 33.1. The summed E-state index contributed by atoms with van der Waals surface area (Å²) in [4.78, 5) is 17.2. The summed E-state index contributed by atoms with van der Waals surface area (Å²) >= 11 is 1.30. The highest BCUT2D eigenvalue weighted by atomic mass is 32.2. The molecule has 2 aromatic heterocycles. The van der Waals surface area contributed by atoms with Crippen molar-refractivity contribution >= 4 is 32.4 Å². The minimum Gasteiger partial charge on any atom is -0.460 e. The molecule has 7 nitrogen and oxygen atoms in total. The Labute approximate surface area is 186 Å². The maximum Gasteiger partial charge on any atom is 0.257 e. The molecule has 1 saturated heterocycles. The maximum atomic E-state index is 13.0. The fourth-order valence-electron chi connectivity index (χ4n) is 3.92. The number of nitrogens with one attached hydrogen (secondary N) is 1. The molecule has 3 heterocycles. The molecule has 1 aromatic carbocycles. The highest BCUT2D eigenvalue weighted by molar-refractivity contribution is 7.89. The lowest BCUT2D eigenvalue weighted by Crippen LogP contribution is -2.42. The first-order valence-corrected chi connectivity index (χ1v) is 12.5. The van der Waals surface area contributed by atoms with E-state index < -0.39 is 10.0 Å². The Hall–Kier alpha value is -2.49. The monoisotopic (exact) mass is 459 g/mol. The van der Waals surface area contributed by atoms with Crippen LogP contribution in [0.3, 0.4) is 0 Å². The Bertz CT molecular complexity index is 1170. The lowest BCUT2D eigenvalue weighted by molar-refractivity contribution is 0.102. The summed E-state index contributed by atoms with van der Waals surface area (Å²) in [6, 6.07) is 9.74. The lowest BCUT2D eigenvalue weighted by atomic mass is 9.94. The second kappa shape index (κ2) is 8.57. The molecule has 1 aliphatic heterocycles. The van der Waals surface area contributed by atoms with E-state index in [2.05, 4.69) is 24.1 Å². The molecule has 164 valence electrons. The van der Waals surface area contributed by atoms with Crippen LogP contribution >= 0.6 is 11.3 Å². The van der Waals surface area contributed by atoms with E-state index in [1.54, 1.807) is 4.31 Å². The molecule has 0 radical (unpaired) electrons. The average molecular weight is 460 g/mol. The van der Waals surface area contributed by atoms with E-state index in [0.29, 0.717) is 47.1 Å². The van der Waals surface area contributed by atoms with E-state index in [1.165, 1.54) is 35.6 Å². The summed E-state index contributed by atoms with van der Waals surface area (Å²) in [5.41, 5.74) is 1.02. The topological polar surface area (TPSA) is 92.5 Å². The maximum absolute atomic E-state index is 13.0. The molecule has 9 heteroatoms. The van der Waals surface area contributed by atoms with Crippen molar-refractivity contribution in [1.82, 2.24) is 9.29 Å². The van der Waals surface area contributed by atoms with Crippen molar-refractivity contribution in [3.05, 3.63) is 53.1 Å². The van der Waals surface area contributed by atoms with E-state index >= 15 is 0 Å². The molecule has 4 rings (SSSR count). The van der Waals surface area contributed by atoms with Gasteiger partial charge in [-0.25, -0.2) is 13.4 Å². The number of amides is 1. The van der Waals surface area contributed by atoms with Gasteiger partial charge >= 0.3 is 0 Å². The number of rotatable bonds is 5. The second-order valence-electron chi connectivity index (χ2n) is 8.19. The summed E-state index contributed by atoms with van der Waals surface area (Å²) in [5, 5.41) is 5.01. The number of aryl methyl sites for hydroxylation is 1. The fraction of sp³-hybridized carbons (Fsp3) is 0.364. The van der Waals surface area contributed by atoms with Crippen molar-refractivity contribution < 1.29 is 17.6 Å². The molecule has 0 unspecified atom stereocenters. The Balaban J connectivity index is 1.45. The van der Waals surface area contributed by atoms with Gasteiger partial charge in [0.25, 0.3) is 5.91 Å². The molecule has 0 aliphatic carbocycles. The predicted octanol–water partition coefficient (Wildman–Crippen LogP) is 4.63. The minimum absolute atomic E-state index is 0.204. The van der Waals surface area contributed by atoms with Crippen LogP contribution in [0.4, 0.5) is 5.13 Å². The van der Waals surface area contributed by atoms with Crippen LogP contribution in [0, 0.1) is 18.8 Å². The number of piperidine rings is 1. The molecule has 3 aromatic rings. The Morgan fingerprint density at radius 3 is 2.42 bits per heavy atom. The molecule has 1 aliphatic rings. The summed E-state index contributed by atoms with van der Waals surface area (Å²) in [6.07, 6.45) is 1.03. The van der Waals surface area contributed by atoms with Crippen LogP contribution in [0.2, 0.25) is 0 Å². The van der Waals surface area contributed by atoms with Crippen molar-refractivity contribution in [1.29, 1.82) is 0 Å². The number of hydrogen-bond acceptors (Lipinski definition) is 6. The van der Waals surface area contributed by atoms with Gasteiger partial charge in [0.05, 0.1) is 4.90 Å². The Kier molecular flexibility index (Phi) is 6.00. The van der Waals surface area contributed by atoms with Crippen molar-refractivity contribution in [2.24, 2.45) is 11.8 Å². The smallest absolute Gasteiger partial charge is 0.257 e. The zero-order valence-corrected chi connectivity index (χ0v) is 19.3. The van der Waals surface area contributed by atoms with Crippen molar-refractivity contribution in [3.8, 4) is 11.5 Å².